The molecule has 3 heterocycles. The third-order valence-corrected chi connectivity index (χ3v) is 14.5. The van der Waals surface area contributed by atoms with Crippen molar-refractivity contribution in [3.05, 3.63) is 150 Å². The van der Waals surface area contributed by atoms with Crippen molar-refractivity contribution in [2.75, 3.05) is 11.4 Å². The number of benzene rings is 4. The largest absolute Gasteiger partial charge is 0.481 e. The minimum Gasteiger partial charge on any atom is -0.481 e. The zero-order valence-electron chi connectivity index (χ0n) is 34.5. The standard InChI is InChI=1S/C49H47N3O6S3/c1-48(2,28-49(3,4)46(57)58)29-51-43(55)40(60-45(51)42-44(56)50(27-41(53)54)47(59)61-42)26-31-20-23-39-37(25-31)35-16-11-17-38(35)52(39)34-21-18-30(19-22-34)24-36(32-12-7-5-8-13-32)33-14-9-6-10-15-33/h5-10,12-15,18-26,35,38H,11,16-17,27-29H2,1-4H3,(H,53,54)(H,57,58)/b40-26-,45-42+. The van der Waals surface area contributed by atoms with Crippen molar-refractivity contribution in [1.29, 1.82) is 0 Å². The number of aromatic nitrogens is 1. The van der Waals surface area contributed by atoms with Gasteiger partial charge in [0.1, 0.15) is 20.4 Å². The number of rotatable bonds is 12. The highest BCUT2D eigenvalue weighted by Gasteiger charge is 2.42. The first kappa shape index (κ1) is 42.1. The van der Waals surface area contributed by atoms with E-state index in [0.29, 0.717) is 21.2 Å². The van der Waals surface area contributed by atoms with Crippen LogP contribution in [0.15, 0.2) is 108 Å². The molecular weight excluding hydrogens is 823 g/mol. The Kier molecular flexibility index (Phi) is 11.5. The number of thiazole rings is 1. The molecular formula is C49H47N3O6S3. The number of carboxylic acids is 2. The van der Waals surface area contributed by atoms with Gasteiger partial charge < -0.3 is 15.1 Å². The topological polar surface area (TPSA) is 120 Å². The van der Waals surface area contributed by atoms with Gasteiger partial charge in [0, 0.05) is 29.9 Å². The summed E-state index contributed by atoms with van der Waals surface area (Å²) in [7, 11) is 0. The highest BCUT2D eigenvalue weighted by atomic mass is 32.2. The van der Waals surface area contributed by atoms with Crippen LogP contribution in [0.1, 0.15) is 87.1 Å². The van der Waals surface area contributed by atoms with Gasteiger partial charge in [-0.05, 0) is 108 Å². The molecule has 2 N–H and O–H groups in total. The van der Waals surface area contributed by atoms with Crippen LogP contribution in [-0.4, -0.2) is 54.4 Å². The van der Waals surface area contributed by atoms with Gasteiger partial charge in [-0.25, -0.2) is 0 Å². The number of carbonyl (C=O) groups is 3. The molecule has 1 saturated carbocycles. The second-order valence-corrected chi connectivity index (χ2v) is 20.2. The van der Waals surface area contributed by atoms with Crippen LogP contribution in [0.2, 0.25) is 0 Å². The van der Waals surface area contributed by atoms with Crippen LogP contribution in [0, 0.1) is 10.8 Å². The smallest absolute Gasteiger partial charge is 0.323 e. The van der Waals surface area contributed by atoms with Crippen LogP contribution in [0.5, 0.6) is 0 Å². The first-order valence-corrected chi connectivity index (χ1v) is 22.4. The molecule has 61 heavy (non-hydrogen) atoms. The summed E-state index contributed by atoms with van der Waals surface area (Å²) in [5.74, 6) is -2.37. The van der Waals surface area contributed by atoms with E-state index in [1.54, 1.807) is 18.4 Å². The molecule has 1 saturated heterocycles. The van der Waals surface area contributed by atoms with E-state index in [9.17, 15) is 29.4 Å². The van der Waals surface area contributed by atoms with Gasteiger partial charge in [0.2, 0.25) is 0 Å². The summed E-state index contributed by atoms with van der Waals surface area (Å²) < 4.78 is 2.45. The molecule has 2 fully saturated rings. The quantitative estimate of drug-likeness (QED) is 0.0938. The summed E-state index contributed by atoms with van der Waals surface area (Å²) in [5, 5.41) is 19.4. The molecule has 3 aliphatic rings. The van der Waals surface area contributed by atoms with Gasteiger partial charge in [0.25, 0.3) is 11.5 Å². The molecule has 0 radical (unpaired) electrons. The van der Waals surface area contributed by atoms with Gasteiger partial charge in [-0.3, -0.25) is 28.6 Å². The maximum atomic E-state index is 14.4. The molecule has 4 aromatic carbocycles. The highest BCUT2D eigenvalue weighted by molar-refractivity contribution is 8.30. The molecule has 5 aromatic rings. The molecule has 1 aromatic heterocycles. The second kappa shape index (κ2) is 16.7. The number of thioether (sulfide) groups is 1. The minimum absolute atomic E-state index is 0.108. The van der Waals surface area contributed by atoms with Gasteiger partial charge >= 0.3 is 11.9 Å². The van der Waals surface area contributed by atoms with Gasteiger partial charge in [0.15, 0.2) is 0 Å². The number of carboxylic acid groups (broad SMARTS) is 2. The number of anilines is 2. The Labute approximate surface area is 368 Å². The molecule has 0 spiro atoms. The maximum Gasteiger partial charge on any atom is 0.323 e. The van der Waals surface area contributed by atoms with Gasteiger partial charge in [-0.1, -0.05) is 123 Å². The average Bonchev–Trinajstić information content (AvgIpc) is 3.97. The van der Waals surface area contributed by atoms with E-state index in [1.165, 1.54) is 16.9 Å². The lowest BCUT2D eigenvalue weighted by Gasteiger charge is -2.32. The Morgan fingerprint density at radius 1 is 0.852 bits per heavy atom. The molecule has 8 rings (SSSR count). The molecule has 0 bridgehead atoms. The molecule has 9 nitrogen and oxygen atoms in total. The Balaban J connectivity index is 1.16. The predicted molar refractivity (Wildman–Crippen MR) is 249 cm³/mol. The summed E-state index contributed by atoms with van der Waals surface area (Å²) in [6, 6.07) is 36.4. The first-order valence-electron chi connectivity index (χ1n) is 20.4. The number of carbonyl (C=O) groups excluding carboxylic acids is 1. The summed E-state index contributed by atoms with van der Waals surface area (Å²) in [4.78, 5) is 55.5. The second-order valence-electron chi connectivity index (χ2n) is 17.5. The van der Waals surface area contributed by atoms with E-state index >= 15 is 0 Å². The van der Waals surface area contributed by atoms with Crippen LogP contribution in [0.3, 0.4) is 0 Å². The number of thiocarbonyl (C=S) groups is 1. The van der Waals surface area contributed by atoms with Crippen molar-refractivity contribution < 1.29 is 24.6 Å². The first-order chi connectivity index (χ1) is 29.1. The lowest BCUT2D eigenvalue weighted by Crippen LogP contribution is -2.40. The molecule has 2 aliphatic heterocycles. The normalized spacial score (nSPS) is 18.7. The van der Waals surface area contributed by atoms with Crippen molar-refractivity contribution in [1.82, 2.24) is 9.47 Å². The van der Waals surface area contributed by atoms with Crippen LogP contribution < -0.4 is 19.7 Å². The van der Waals surface area contributed by atoms with Crippen molar-refractivity contribution in [2.24, 2.45) is 10.8 Å². The molecule has 312 valence electrons. The average molecular weight is 870 g/mol. The molecule has 1 amide bonds. The number of amides is 1. The Morgan fingerprint density at radius 3 is 2.11 bits per heavy atom. The van der Waals surface area contributed by atoms with E-state index in [0.717, 1.165) is 75.1 Å². The lowest BCUT2D eigenvalue weighted by atomic mass is 9.75. The van der Waals surface area contributed by atoms with E-state index in [-0.39, 0.29) is 27.8 Å². The van der Waals surface area contributed by atoms with Crippen LogP contribution in [-0.2, 0) is 20.9 Å². The number of aliphatic carboxylic acids is 2. The molecule has 2 atom stereocenters. The lowest BCUT2D eigenvalue weighted by molar-refractivity contribution is -0.148. The Hall–Kier alpha value is -5.56. The zero-order chi connectivity index (χ0) is 43.2. The number of hydrogen-bond acceptors (Lipinski definition) is 8. The summed E-state index contributed by atoms with van der Waals surface area (Å²) in [5.41, 5.74) is 6.96. The van der Waals surface area contributed by atoms with Gasteiger partial charge in [0.05, 0.1) is 9.95 Å². The zero-order valence-corrected chi connectivity index (χ0v) is 36.9. The van der Waals surface area contributed by atoms with Gasteiger partial charge in [-0.2, -0.15) is 0 Å². The van der Waals surface area contributed by atoms with Crippen molar-refractivity contribution in [3.8, 4) is 0 Å². The number of hydrogen-bond donors (Lipinski definition) is 2. The van der Waals surface area contributed by atoms with Crippen LogP contribution in [0.25, 0.3) is 22.6 Å². The van der Waals surface area contributed by atoms with Crippen molar-refractivity contribution in [2.45, 2.75) is 71.9 Å². The maximum absolute atomic E-state index is 14.4. The SMILES string of the molecule is CC(C)(Cn1c(=O)/c(=C/c2ccc3c(c2)C2CCCC2N3c2ccc(C=C(c3ccccc3)c3ccccc3)cc2)s/c1=C1/SC(=S)N(CC(=O)O)C1=O)CC(C)(C)C(=O)O. The van der Waals surface area contributed by atoms with Crippen LogP contribution in [0.4, 0.5) is 11.4 Å². The Morgan fingerprint density at radius 2 is 1.49 bits per heavy atom. The molecule has 1 aliphatic carbocycles. The number of nitrogens with zero attached hydrogens (tertiary/aromatic N) is 3. The fourth-order valence-electron chi connectivity index (χ4n) is 9.30. The summed E-state index contributed by atoms with van der Waals surface area (Å²) >= 11 is 7.58. The number of fused-ring (bicyclic) bond motifs is 3. The monoisotopic (exact) mass is 869 g/mol. The third-order valence-electron chi connectivity index (χ3n) is 11.8. The van der Waals surface area contributed by atoms with Gasteiger partial charge in [-0.15, -0.1) is 11.3 Å². The third kappa shape index (κ3) is 8.54. The van der Waals surface area contributed by atoms with E-state index in [2.05, 4.69) is 95.9 Å². The van der Waals surface area contributed by atoms with E-state index in [1.807, 2.05) is 38.1 Å². The molecule has 2 unspecified atom stereocenters. The minimum atomic E-state index is -1.20. The predicted octanol–water partition coefficient (Wildman–Crippen LogP) is 8.70. The summed E-state index contributed by atoms with van der Waals surface area (Å²) in [6.45, 7) is 6.69. The van der Waals surface area contributed by atoms with Crippen LogP contribution >= 0.6 is 35.3 Å². The van der Waals surface area contributed by atoms with E-state index in [4.69, 9.17) is 12.2 Å². The fourth-order valence-corrected chi connectivity index (χ4v) is 11.8. The van der Waals surface area contributed by atoms with Crippen molar-refractivity contribution in [3.63, 3.8) is 0 Å². The highest BCUT2D eigenvalue weighted by Crippen LogP contribution is 2.52. The summed E-state index contributed by atoms with van der Waals surface area (Å²) in [6.07, 6.45) is 7.64. The van der Waals surface area contributed by atoms with E-state index < -0.39 is 35.2 Å². The molecule has 12 heteroatoms. The Bertz CT molecular complexity index is 2730. The fraction of sp³-hybridized carbons (Fsp3) is 0.286. The van der Waals surface area contributed by atoms with Crippen molar-refractivity contribution >= 4 is 91.5 Å².